The number of hydrogen-bond donors (Lipinski definition) is 3. The number of aromatic nitrogens is 1. The third-order valence-electron chi connectivity index (χ3n) is 3.66. The zero-order chi connectivity index (χ0) is 13.9. The zero-order valence-electron chi connectivity index (χ0n) is 10.4. The monoisotopic (exact) mass is 264 g/mol. The average molecular weight is 264 g/mol. The van der Waals surface area contributed by atoms with E-state index in [-0.39, 0.29) is 12.1 Å². The van der Waals surface area contributed by atoms with Gasteiger partial charge in [0, 0.05) is 12.7 Å². The van der Waals surface area contributed by atoms with Crippen molar-refractivity contribution in [1.29, 1.82) is 0 Å². The molecule has 6 nitrogen and oxygen atoms in total. The van der Waals surface area contributed by atoms with E-state index in [4.69, 9.17) is 0 Å². The van der Waals surface area contributed by atoms with E-state index in [1.165, 1.54) is 12.3 Å². The second kappa shape index (κ2) is 5.26. The van der Waals surface area contributed by atoms with E-state index in [2.05, 4.69) is 10.3 Å². The Kier molecular flexibility index (Phi) is 3.69. The Labute approximate surface area is 109 Å². The standard InChI is InChI=1S/C13H16N2O4/c16-10-9(4-3-7-14-10)11(17)15-8-13(12(18)19)5-1-2-6-13/h3-4,7H,1-2,5-6,8H2,(H,14,16)(H,15,17)(H,18,19). The lowest BCUT2D eigenvalue weighted by atomic mass is 9.86. The number of aromatic amines is 1. The van der Waals surface area contributed by atoms with E-state index in [0.717, 1.165) is 12.8 Å². The van der Waals surface area contributed by atoms with Gasteiger partial charge in [-0.2, -0.15) is 0 Å². The van der Waals surface area contributed by atoms with E-state index < -0.39 is 22.9 Å². The number of H-pyrrole nitrogens is 1. The Hall–Kier alpha value is -2.11. The van der Waals surface area contributed by atoms with Crippen LogP contribution in [-0.2, 0) is 4.79 Å². The molecule has 6 heteroatoms. The first-order chi connectivity index (χ1) is 9.05. The molecule has 0 aliphatic heterocycles. The van der Waals surface area contributed by atoms with Crippen LogP contribution < -0.4 is 10.9 Å². The van der Waals surface area contributed by atoms with Crippen molar-refractivity contribution in [3.05, 3.63) is 34.2 Å². The van der Waals surface area contributed by atoms with Crippen LogP contribution >= 0.6 is 0 Å². The molecule has 1 fully saturated rings. The molecule has 1 aromatic heterocycles. The molecule has 1 aliphatic rings. The van der Waals surface area contributed by atoms with Crippen LogP contribution in [0.15, 0.2) is 23.1 Å². The van der Waals surface area contributed by atoms with E-state index in [1.807, 2.05) is 0 Å². The van der Waals surface area contributed by atoms with Gasteiger partial charge >= 0.3 is 5.97 Å². The average Bonchev–Trinajstić information content (AvgIpc) is 2.86. The number of carbonyl (C=O) groups excluding carboxylic acids is 1. The molecule has 0 radical (unpaired) electrons. The van der Waals surface area contributed by atoms with Gasteiger partial charge in [0.2, 0.25) is 0 Å². The van der Waals surface area contributed by atoms with Crippen LogP contribution in [0.5, 0.6) is 0 Å². The van der Waals surface area contributed by atoms with Crippen molar-refractivity contribution in [2.45, 2.75) is 25.7 Å². The third-order valence-corrected chi connectivity index (χ3v) is 3.66. The highest BCUT2D eigenvalue weighted by molar-refractivity contribution is 5.94. The van der Waals surface area contributed by atoms with Crippen molar-refractivity contribution < 1.29 is 14.7 Å². The minimum absolute atomic E-state index is 0.000959. The number of amides is 1. The van der Waals surface area contributed by atoms with Gasteiger partial charge in [-0.3, -0.25) is 14.4 Å². The summed E-state index contributed by atoms with van der Waals surface area (Å²) in [6.07, 6.45) is 4.28. The normalized spacial score (nSPS) is 17.1. The highest BCUT2D eigenvalue weighted by Gasteiger charge is 2.41. The molecule has 0 bridgehead atoms. The fourth-order valence-corrected chi connectivity index (χ4v) is 2.46. The summed E-state index contributed by atoms with van der Waals surface area (Å²) >= 11 is 0. The molecule has 1 saturated carbocycles. The molecule has 102 valence electrons. The van der Waals surface area contributed by atoms with E-state index in [0.29, 0.717) is 12.8 Å². The number of rotatable bonds is 4. The summed E-state index contributed by atoms with van der Waals surface area (Å²) < 4.78 is 0. The summed E-state index contributed by atoms with van der Waals surface area (Å²) in [5.41, 5.74) is -1.35. The molecule has 0 spiro atoms. The Morgan fingerprint density at radius 1 is 1.37 bits per heavy atom. The van der Waals surface area contributed by atoms with Crippen molar-refractivity contribution in [2.75, 3.05) is 6.54 Å². The molecular weight excluding hydrogens is 248 g/mol. The second-order valence-corrected chi connectivity index (χ2v) is 4.89. The third kappa shape index (κ3) is 2.67. The highest BCUT2D eigenvalue weighted by Crippen LogP contribution is 2.37. The molecule has 1 heterocycles. The van der Waals surface area contributed by atoms with Crippen molar-refractivity contribution in [1.82, 2.24) is 10.3 Å². The maximum absolute atomic E-state index is 11.9. The van der Waals surface area contributed by atoms with Crippen LogP contribution in [0.25, 0.3) is 0 Å². The Morgan fingerprint density at radius 3 is 2.63 bits per heavy atom. The first kappa shape index (κ1) is 13.3. The van der Waals surface area contributed by atoms with Gasteiger partial charge in [0.1, 0.15) is 5.56 Å². The van der Waals surface area contributed by atoms with E-state index in [9.17, 15) is 19.5 Å². The van der Waals surface area contributed by atoms with Crippen molar-refractivity contribution in [3.63, 3.8) is 0 Å². The van der Waals surface area contributed by atoms with Crippen molar-refractivity contribution in [3.8, 4) is 0 Å². The second-order valence-electron chi connectivity index (χ2n) is 4.89. The smallest absolute Gasteiger partial charge is 0.311 e. The predicted molar refractivity (Wildman–Crippen MR) is 67.9 cm³/mol. The molecular formula is C13H16N2O4. The first-order valence-electron chi connectivity index (χ1n) is 6.24. The maximum Gasteiger partial charge on any atom is 0.311 e. The number of nitrogens with one attached hydrogen (secondary N) is 2. The van der Waals surface area contributed by atoms with Crippen LogP contribution in [-0.4, -0.2) is 28.5 Å². The number of carboxylic acid groups (broad SMARTS) is 1. The van der Waals surface area contributed by atoms with Gasteiger partial charge in [0.15, 0.2) is 0 Å². The van der Waals surface area contributed by atoms with Gasteiger partial charge in [-0.05, 0) is 25.0 Å². The van der Waals surface area contributed by atoms with Crippen LogP contribution in [0.1, 0.15) is 36.0 Å². The Balaban J connectivity index is 2.06. The van der Waals surface area contributed by atoms with Gasteiger partial charge in [0.25, 0.3) is 11.5 Å². The van der Waals surface area contributed by atoms with Gasteiger partial charge in [0.05, 0.1) is 5.41 Å². The number of carboxylic acids is 1. The predicted octanol–water partition coefficient (Wildman–Crippen LogP) is 0.750. The van der Waals surface area contributed by atoms with Gasteiger partial charge in [-0.25, -0.2) is 0 Å². The molecule has 0 aromatic carbocycles. The van der Waals surface area contributed by atoms with E-state index >= 15 is 0 Å². The summed E-state index contributed by atoms with van der Waals surface area (Å²) in [5.74, 6) is -1.42. The molecule has 1 aromatic rings. The number of aliphatic carboxylic acids is 1. The molecule has 0 saturated heterocycles. The molecule has 3 N–H and O–H groups in total. The molecule has 0 unspecified atom stereocenters. The Bertz CT molecular complexity index is 544. The SMILES string of the molecule is O=C(NCC1(C(=O)O)CCCC1)c1ccc[nH]c1=O. The summed E-state index contributed by atoms with van der Waals surface area (Å²) in [4.78, 5) is 37.0. The lowest BCUT2D eigenvalue weighted by molar-refractivity contribution is -0.148. The fraction of sp³-hybridized carbons (Fsp3) is 0.462. The topological polar surface area (TPSA) is 99.3 Å². The lowest BCUT2D eigenvalue weighted by Crippen LogP contribution is -2.42. The first-order valence-corrected chi connectivity index (χ1v) is 6.24. The van der Waals surface area contributed by atoms with Crippen LogP contribution in [0.3, 0.4) is 0 Å². The highest BCUT2D eigenvalue weighted by atomic mass is 16.4. The van der Waals surface area contributed by atoms with Gasteiger partial charge < -0.3 is 15.4 Å². The van der Waals surface area contributed by atoms with E-state index in [1.54, 1.807) is 6.07 Å². The summed E-state index contributed by atoms with van der Waals surface area (Å²) in [7, 11) is 0. The fourth-order valence-electron chi connectivity index (χ4n) is 2.46. The summed E-state index contributed by atoms with van der Waals surface area (Å²) in [6, 6.07) is 2.97. The zero-order valence-corrected chi connectivity index (χ0v) is 10.4. The van der Waals surface area contributed by atoms with Crippen LogP contribution in [0.2, 0.25) is 0 Å². The minimum atomic E-state index is -0.882. The number of carbonyl (C=O) groups is 2. The molecule has 2 rings (SSSR count). The molecule has 1 aliphatic carbocycles. The van der Waals surface area contributed by atoms with Crippen molar-refractivity contribution >= 4 is 11.9 Å². The quantitative estimate of drug-likeness (QED) is 0.747. The largest absolute Gasteiger partial charge is 0.481 e. The summed E-state index contributed by atoms with van der Waals surface area (Å²) in [6.45, 7) is 0.0650. The number of hydrogen-bond acceptors (Lipinski definition) is 3. The maximum atomic E-state index is 11.9. The van der Waals surface area contributed by atoms with Gasteiger partial charge in [-0.15, -0.1) is 0 Å². The molecule has 1 amide bonds. The van der Waals surface area contributed by atoms with Crippen LogP contribution in [0.4, 0.5) is 0 Å². The van der Waals surface area contributed by atoms with Gasteiger partial charge in [-0.1, -0.05) is 12.8 Å². The molecule has 19 heavy (non-hydrogen) atoms. The Morgan fingerprint density at radius 2 is 2.05 bits per heavy atom. The number of pyridine rings is 1. The molecule has 0 atom stereocenters. The minimum Gasteiger partial charge on any atom is -0.481 e. The van der Waals surface area contributed by atoms with Crippen molar-refractivity contribution in [2.24, 2.45) is 5.41 Å². The summed E-state index contributed by atoms with van der Waals surface area (Å²) in [5, 5.41) is 11.8. The lowest BCUT2D eigenvalue weighted by Gasteiger charge is -2.23. The van der Waals surface area contributed by atoms with Crippen LogP contribution in [0, 0.1) is 5.41 Å².